The third-order valence-electron chi connectivity index (χ3n) is 14.3. The number of alkyl carbamates (subject to hydrolysis) is 1. The van der Waals surface area contributed by atoms with Gasteiger partial charge in [-0.15, -0.1) is 0 Å². The van der Waals surface area contributed by atoms with Crippen LogP contribution in [0.1, 0.15) is 99.8 Å². The second-order valence-electron chi connectivity index (χ2n) is 15.9. The largest absolute Gasteiger partial charge is 0.443 e. The topological polar surface area (TPSA) is 88.0 Å². The molecule has 216 valence electrons. The molecule has 0 aromatic heterocycles. The predicted octanol–water partition coefficient (Wildman–Crippen LogP) is 5.54. The van der Waals surface area contributed by atoms with Gasteiger partial charge in [0.15, 0.2) is 0 Å². The third-order valence-corrected chi connectivity index (χ3v) is 14.3. The zero-order valence-electron chi connectivity index (χ0n) is 25.0. The normalized spacial score (nSPS) is 55.0. The standard InChI is InChI=1S/C32H53NO5/c1-17(2)24(38-27(36)33-8)19-15-18(3)23-25(37-19)26(35)30(7)21-10-9-20-28(4,5)22(34)11-12-31(20)16-32(21,31)14-13-29(23,30)6/h17-26,34-35H,9-16H2,1-8H3,(H,33,36)/t18-,19?,20+,21?,22+,23+,24-,25?,26+,29-,30-,31-,32+/m1/s1. The summed E-state index contributed by atoms with van der Waals surface area (Å²) in [5, 5.41) is 25.9. The molecular formula is C32H53NO5. The molecule has 6 heteroatoms. The fraction of sp³-hybridized carbons (Fsp3) is 0.969. The van der Waals surface area contributed by atoms with Crippen molar-refractivity contribution in [1.82, 2.24) is 5.32 Å². The first kappa shape index (κ1) is 27.3. The molecular weight excluding hydrogens is 478 g/mol. The van der Waals surface area contributed by atoms with Crippen LogP contribution in [0.3, 0.4) is 0 Å². The molecule has 0 aromatic rings. The van der Waals surface area contributed by atoms with E-state index in [1.165, 1.54) is 19.3 Å². The highest BCUT2D eigenvalue weighted by Crippen LogP contribution is 2.89. The summed E-state index contributed by atoms with van der Waals surface area (Å²) in [4.78, 5) is 12.2. The lowest BCUT2D eigenvalue weighted by Gasteiger charge is -2.63. The van der Waals surface area contributed by atoms with Gasteiger partial charge in [0.2, 0.25) is 0 Å². The molecule has 5 aliphatic carbocycles. The molecule has 2 spiro atoms. The number of hydrogen-bond acceptors (Lipinski definition) is 5. The van der Waals surface area contributed by atoms with Gasteiger partial charge < -0.3 is 25.0 Å². The van der Waals surface area contributed by atoms with Crippen molar-refractivity contribution in [3.05, 3.63) is 0 Å². The highest BCUT2D eigenvalue weighted by molar-refractivity contribution is 5.66. The van der Waals surface area contributed by atoms with Crippen molar-refractivity contribution in [2.75, 3.05) is 7.05 Å². The summed E-state index contributed by atoms with van der Waals surface area (Å²) >= 11 is 0. The molecule has 1 saturated heterocycles. The summed E-state index contributed by atoms with van der Waals surface area (Å²) in [6.45, 7) is 16.0. The number of rotatable bonds is 3. The zero-order chi connectivity index (χ0) is 27.6. The Morgan fingerprint density at radius 2 is 1.66 bits per heavy atom. The first-order valence-electron chi connectivity index (χ1n) is 15.6. The van der Waals surface area contributed by atoms with Crippen molar-refractivity contribution in [3.8, 4) is 0 Å². The number of hydrogen-bond donors (Lipinski definition) is 3. The van der Waals surface area contributed by atoms with E-state index in [0.29, 0.717) is 34.5 Å². The Labute approximate surface area is 230 Å². The number of carbonyl (C=O) groups is 1. The van der Waals surface area contributed by atoms with Gasteiger partial charge in [0.25, 0.3) is 0 Å². The van der Waals surface area contributed by atoms with Crippen molar-refractivity contribution < 1.29 is 24.5 Å². The molecule has 1 aliphatic heterocycles. The molecule has 0 aromatic carbocycles. The Balaban J connectivity index is 1.33. The molecule has 6 fully saturated rings. The fourth-order valence-electron chi connectivity index (χ4n) is 12.4. The smallest absolute Gasteiger partial charge is 0.407 e. The lowest BCUT2D eigenvalue weighted by atomic mass is 9.41. The van der Waals surface area contributed by atoms with Gasteiger partial charge in [-0.3, -0.25) is 0 Å². The molecule has 6 aliphatic rings. The summed E-state index contributed by atoms with van der Waals surface area (Å²) < 4.78 is 12.7. The van der Waals surface area contributed by atoms with Crippen LogP contribution in [0, 0.1) is 56.7 Å². The van der Waals surface area contributed by atoms with Crippen molar-refractivity contribution in [2.24, 2.45) is 56.7 Å². The van der Waals surface area contributed by atoms with Crippen LogP contribution in [0.5, 0.6) is 0 Å². The Morgan fingerprint density at radius 3 is 2.32 bits per heavy atom. The second kappa shape index (κ2) is 8.35. The molecule has 38 heavy (non-hydrogen) atoms. The number of amides is 1. The Kier molecular flexibility index (Phi) is 6.00. The van der Waals surface area contributed by atoms with E-state index < -0.39 is 12.2 Å². The van der Waals surface area contributed by atoms with E-state index in [9.17, 15) is 15.0 Å². The quantitative estimate of drug-likeness (QED) is 0.445. The maximum Gasteiger partial charge on any atom is 0.407 e. The average Bonchev–Trinajstić information content (AvgIpc) is 3.49. The number of fused-ring (bicyclic) bond motifs is 4. The lowest BCUT2D eigenvalue weighted by molar-refractivity contribution is -0.184. The van der Waals surface area contributed by atoms with E-state index >= 15 is 0 Å². The minimum absolute atomic E-state index is 0.0205. The summed E-state index contributed by atoms with van der Waals surface area (Å²) in [5.74, 6) is 1.90. The van der Waals surface area contributed by atoms with E-state index in [-0.39, 0.29) is 46.6 Å². The molecule has 5 saturated carbocycles. The van der Waals surface area contributed by atoms with Gasteiger partial charge in [-0.2, -0.15) is 0 Å². The lowest BCUT2D eigenvalue weighted by Crippen LogP contribution is -2.59. The summed E-state index contributed by atoms with van der Waals surface area (Å²) in [6.07, 6.45) is 7.03. The van der Waals surface area contributed by atoms with E-state index in [4.69, 9.17) is 9.47 Å². The molecule has 1 heterocycles. The van der Waals surface area contributed by atoms with Crippen molar-refractivity contribution in [2.45, 2.75) is 130 Å². The van der Waals surface area contributed by atoms with Crippen molar-refractivity contribution >= 4 is 6.09 Å². The van der Waals surface area contributed by atoms with Crippen LogP contribution >= 0.6 is 0 Å². The molecule has 1 amide bonds. The first-order valence-corrected chi connectivity index (χ1v) is 15.6. The van der Waals surface area contributed by atoms with Crippen LogP contribution in [0.2, 0.25) is 0 Å². The van der Waals surface area contributed by atoms with Crippen LogP contribution in [0.25, 0.3) is 0 Å². The Morgan fingerprint density at radius 1 is 1.00 bits per heavy atom. The molecule has 0 radical (unpaired) electrons. The summed E-state index contributed by atoms with van der Waals surface area (Å²) in [6, 6.07) is 0. The van der Waals surface area contributed by atoms with Crippen LogP contribution in [-0.4, -0.2) is 53.9 Å². The molecule has 13 atom stereocenters. The average molecular weight is 532 g/mol. The molecule has 0 bridgehead atoms. The Bertz CT molecular complexity index is 983. The van der Waals surface area contributed by atoms with Gasteiger partial charge in [0.1, 0.15) is 6.10 Å². The van der Waals surface area contributed by atoms with Crippen LogP contribution in [0.4, 0.5) is 4.79 Å². The summed E-state index contributed by atoms with van der Waals surface area (Å²) in [7, 11) is 1.59. The minimum atomic E-state index is -0.519. The molecule has 6 rings (SSSR count). The second-order valence-corrected chi connectivity index (χ2v) is 15.9. The number of nitrogens with one attached hydrogen (secondary N) is 1. The number of aliphatic hydroxyl groups excluding tert-OH is 2. The Hall–Kier alpha value is -0.850. The SMILES string of the molecule is CNC(=O)O[C@H](C(C)C)C1C[C@@H](C)[C@H]2C(O1)[C@H](O)[C@@]1(C)C3CC[C@H]4C(C)(C)[C@@H](O)CC[C@@]45C[C@@]35CC[C@]21C. The molecule has 3 unspecified atom stereocenters. The van der Waals surface area contributed by atoms with Gasteiger partial charge >= 0.3 is 6.09 Å². The van der Waals surface area contributed by atoms with E-state index in [2.05, 4.69) is 53.8 Å². The zero-order valence-corrected chi connectivity index (χ0v) is 25.0. The van der Waals surface area contributed by atoms with E-state index in [1.807, 2.05) is 0 Å². The van der Waals surface area contributed by atoms with E-state index in [1.54, 1.807) is 7.05 Å². The van der Waals surface area contributed by atoms with Crippen molar-refractivity contribution in [3.63, 3.8) is 0 Å². The van der Waals surface area contributed by atoms with Crippen LogP contribution in [0.15, 0.2) is 0 Å². The molecule has 6 nitrogen and oxygen atoms in total. The number of aliphatic hydroxyl groups is 2. The highest BCUT2D eigenvalue weighted by Gasteiger charge is 2.84. The van der Waals surface area contributed by atoms with Gasteiger partial charge in [-0.25, -0.2) is 4.79 Å². The monoisotopic (exact) mass is 531 g/mol. The maximum atomic E-state index is 12.4. The van der Waals surface area contributed by atoms with Gasteiger partial charge in [0, 0.05) is 12.5 Å². The minimum Gasteiger partial charge on any atom is -0.443 e. The number of carbonyl (C=O) groups excluding carboxylic acids is 1. The number of ether oxygens (including phenoxy) is 2. The van der Waals surface area contributed by atoms with Crippen molar-refractivity contribution in [1.29, 1.82) is 0 Å². The van der Waals surface area contributed by atoms with Gasteiger partial charge in [-0.05, 0) is 103 Å². The van der Waals surface area contributed by atoms with Gasteiger partial charge in [-0.1, -0.05) is 48.5 Å². The molecule has 3 N–H and O–H groups in total. The highest BCUT2D eigenvalue weighted by atomic mass is 16.6. The first-order chi connectivity index (χ1) is 17.7. The van der Waals surface area contributed by atoms with E-state index in [0.717, 1.165) is 32.1 Å². The third kappa shape index (κ3) is 3.09. The maximum absolute atomic E-state index is 12.4. The van der Waals surface area contributed by atoms with Crippen LogP contribution < -0.4 is 5.32 Å². The predicted molar refractivity (Wildman–Crippen MR) is 146 cm³/mol. The fourth-order valence-corrected chi connectivity index (χ4v) is 12.4. The summed E-state index contributed by atoms with van der Waals surface area (Å²) in [5.41, 5.74) is 0.440. The van der Waals surface area contributed by atoms with Crippen LogP contribution in [-0.2, 0) is 9.47 Å². The van der Waals surface area contributed by atoms with Gasteiger partial charge in [0.05, 0.1) is 24.4 Å².